The van der Waals surface area contributed by atoms with Crippen LogP contribution in [-0.2, 0) is 18.9 Å². The van der Waals surface area contributed by atoms with Crippen LogP contribution >= 0.6 is 31.9 Å². The van der Waals surface area contributed by atoms with Gasteiger partial charge in [-0.3, -0.25) is 0 Å². The van der Waals surface area contributed by atoms with Crippen LogP contribution in [0.3, 0.4) is 0 Å². The minimum atomic E-state index is 0.269. The first-order chi connectivity index (χ1) is 60.4. The van der Waals surface area contributed by atoms with Gasteiger partial charge in [0.05, 0.1) is 77.9 Å². The average molecular weight is 1810 g/mol. The predicted molar refractivity (Wildman–Crippen MR) is 533 cm³/mol. The molecule has 0 heterocycles. The largest absolute Gasteiger partial charge is 0.508 e. The highest BCUT2D eigenvalue weighted by Crippen LogP contribution is 2.44. The number of aryl methyl sites for hydroxylation is 2. The lowest BCUT2D eigenvalue weighted by atomic mass is 9.91. The molecule has 0 radical (unpaired) electrons. The Morgan fingerprint density at radius 3 is 0.797 bits per heavy atom. The number of benzene rings is 10. The number of alkyl halides is 2. The van der Waals surface area contributed by atoms with Gasteiger partial charge in [0, 0.05) is 38.8 Å². The fourth-order valence-corrected chi connectivity index (χ4v) is 15.7. The van der Waals surface area contributed by atoms with Crippen molar-refractivity contribution in [1.82, 2.24) is 0 Å². The number of aliphatic hydroxyl groups is 1. The molecule has 0 saturated heterocycles. The van der Waals surface area contributed by atoms with Gasteiger partial charge in [0.25, 0.3) is 0 Å². The molecule has 0 atom stereocenters. The first kappa shape index (κ1) is 103. The summed E-state index contributed by atoms with van der Waals surface area (Å²) in [6.45, 7) is 31.5. The highest BCUT2D eigenvalue weighted by atomic mass is 79.9. The maximum atomic E-state index is 9.77. The van der Waals surface area contributed by atoms with Crippen molar-refractivity contribution in [3.8, 4) is 79.0 Å². The van der Waals surface area contributed by atoms with Crippen LogP contribution in [0.5, 0.6) is 34.5 Å². The lowest BCUT2D eigenvalue weighted by Gasteiger charge is -2.18. The number of ether oxygens (including phenoxy) is 8. The number of hydrogen-bond donors (Lipinski definition) is 3. The van der Waals surface area contributed by atoms with Gasteiger partial charge < -0.3 is 53.2 Å². The van der Waals surface area contributed by atoms with E-state index in [0.29, 0.717) is 19.8 Å². The number of phenolic OH excluding ortho intramolecular Hbond substituents is 2. The van der Waals surface area contributed by atoms with Gasteiger partial charge in [0.15, 0.2) is 0 Å². The molecule has 0 aliphatic rings. The maximum Gasteiger partial charge on any atom is 0.134 e. The summed E-state index contributed by atoms with van der Waals surface area (Å²) in [5.41, 5.74) is 11.6. The molecule has 668 valence electrons. The summed E-state index contributed by atoms with van der Waals surface area (Å²) in [7, 11) is 0. The van der Waals surface area contributed by atoms with Crippen LogP contribution in [-0.4, -0.2) is 85.4 Å². The van der Waals surface area contributed by atoms with E-state index in [1.807, 2.05) is 24.3 Å². The summed E-state index contributed by atoms with van der Waals surface area (Å²) in [5, 5.41) is 39.5. The van der Waals surface area contributed by atoms with Gasteiger partial charge in [-0.15, -0.1) is 0 Å². The minimum absolute atomic E-state index is 0.269. The van der Waals surface area contributed by atoms with Crippen molar-refractivity contribution in [2.45, 2.75) is 253 Å². The molecule has 0 bridgehead atoms. The molecule has 0 unspecified atom stereocenters. The molecule has 13 heteroatoms. The zero-order chi connectivity index (χ0) is 88.0. The molecule has 0 amide bonds. The minimum Gasteiger partial charge on any atom is -0.508 e. The van der Waals surface area contributed by atoms with E-state index in [4.69, 9.17) is 43.0 Å². The molecular formula is C110H148Br2O11. The van der Waals surface area contributed by atoms with Crippen LogP contribution in [0.1, 0.15) is 250 Å². The number of rotatable bonds is 58. The zero-order valence-electron chi connectivity index (χ0n) is 75.5. The topological polar surface area (TPSA) is 135 Å². The van der Waals surface area contributed by atoms with Gasteiger partial charge in [0.2, 0.25) is 0 Å². The molecule has 0 saturated carbocycles. The Labute approximate surface area is 757 Å². The number of aliphatic hydroxyl groups excluding tert-OH is 1. The molecule has 3 N–H and O–H groups in total. The van der Waals surface area contributed by atoms with Crippen molar-refractivity contribution in [2.75, 3.05) is 70.1 Å². The Balaban J connectivity index is 0.000000307. The Morgan fingerprint density at radius 2 is 0.496 bits per heavy atom. The lowest BCUT2D eigenvalue weighted by Crippen LogP contribution is -2.00. The first-order valence-electron chi connectivity index (χ1n) is 46.4. The van der Waals surface area contributed by atoms with Crippen LogP contribution in [0, 0.1) is 13.8 Å². The second-order valence-corrected chi connectivity index (χ2v) is 33.3. The van der Waals surface area contributed by atoms with E-state index in [1.165, 1.54) is 226 Å². The molecule has 0 aromatic heterocycles. The molecule has 10 aromatic carbocycles. The maximum absolute atomic E-state index is 9.77. The number of halogens is 2. The second kappa shape index (κ2) is 64.8. The fraction of sp³-hybridized carbons (Fsp3) is 0.455. The normalized spacial score (nSPS) is 10.8. The smallest absolute Gasteiger partial charge is 0.134 e. The zero-order valence-corrected chi connectivity index (χ0v) is 78.7. The lowest BCUT2D eigenvalue weighted by molar-refractivity contribution is 0.239. The third kappa shape index (κ3) is 39.1. The second-order valence-electron chi connectivity index (χ2n) is 31.7. The Bertz CT molecular complexity index is 4490. The Hall–Kier alpha value is -8.88. The van der Waals surface area contributed by atoms with Crippen molar-refractivity contribution < 1.29 is 53.2 Å². The Morgan fingerprint density at radius 1 is 0.252 bits per heavy atom. The summed E-state index contributed by atoms with van der Waals surface area (Å²) in [4.78, 5) is 0. The third-order valence-corrected chi connectivity index (χ3v) is 23.2. The predicted octanol–water partition coefficient (Wildman–Crippen LogP) is 32.9. The van der Waals surface area contributed by atoms with E-state index < -0.39 is 0 Å². The molecule has 10 aromatic rings. The molecule has 10 rings (SSSR count). The van der Waals surface area contributed by atoms with Crippen molar-refractivity contribution >= 4 is 74.9 Å². The first-order valence-corrected chi connectivity index (χ1v) is 48.6. The monoisotopic (exact) mass is 1800 g/mol. The van der Waals surface area contributed by atoms with Crippen LogP contribution < -0.4 is 18.9 Å². The number of unbranched alkanes of at least 4 members (excludes halogenated alkanes) is 27. The number of aromatic hydroxyl groups is 2. The van der Waals surface area contributed by atoms with Crippen molar-refractivity contribution in [3.63, 3.8) is 0 Å². The van der Waals surface area contributed by atoms with Gasteiger partial charge >= 0.3 is 0 Å². The fourth-order valence-electron chi connectivity index (χ4n) is 14.9. The van der Waals surface area contributed by atoms with E-state index >= 15 is 0 Å². The summed E-state index contributed by atoms with van der Waals surface area (Å²) >= 11 is 6.72. The van der Waals surface area contributed by atoms with Crippen LogP contribution in [0.15, 0.2) is 221 Å². The molecular weight excluding hydrogens is 1660 g/mol. The number of fused-ring (bicyclic) bond motifs is 4. The molecule has 0 aliphatic heterocycles. The number of hydrogen-bond acceptors (Lipinski definition) is 11. The third-order valence-electron chi connectivity index (χ3n) is 22.1. The van der Waals surface area contributed by atoms with Crippen LogP contribution in [0.2, 0.25) is 0 Å². The number of phenols is 2. The average Bonchev–Trinajstić information content (AvgIpc) is 0.751. The summed E-state index contributed by atoms with van der Waals surface area (Å²) < 4.78 is 45.8. The molecule has 11 nitrogen and oxygen atoms in total. The van der Waals surface area contributed by atoms with E-state index in [1.54, 1.807) is 24.3 Å². The van der Waals surface area contributed by atoms with E-state index in [9.17, 15) is 10.2 Å². The summed E-state index contributed by atoms with van der Waals surface area (Å²) in [6, 6.07) is 58.6. The van der Waals surface area contributed by atoms with Gasteiger partial charge in [-0.2, -0.15) is 0 Å². The molecule has 0 spiro atoms. The van der Waals surface area contributed by atoms with Gasteiger partial charge in [-0.25, -0.2) is 0 Å². The van der Waals surface area contributed by atoms with Crippen molar-refractivity contribution in [1.29, 1.82) is 0 Å². The summed E-state index contributed by atoms with van der Waals surface area (Å²) in [5.74, 6) is 4.29. The van der Waals surface area contributed by atoms with Crippen LogP contribution in [0.25, 0.3) is 87.6 Å². The highest BCUT2D eigenvalue weighted by Gasteiger charge is 2.19. The SMILES string of the molecule is C=COCCCC.C=COCCCCCCBr.C=COCCCCCCOc1ccc(-c2ccc3c(OCCCCCCCCCC)c4cc(-c5ccc(OCCCCCCOC=C)cc5)ccc4c(C)c3c2)cc1.CCCCCCCCCCOc1c2ccc(-c3ccc(O)cc3)cc2c(C)c2ccc(-c3ccc(O)cc3)cc12.OCCCCCCBr. The Kier molecular flexibility index (Phi) is 54.2. The standard InChI is InChI=1S/C53H68O5.C37H40O3.C8H15BrO.C6H13BrO.C6H12O/c1-5-8-9-10-11-12-13-22-39-58-53-50-34-28-45(43-23-29-47(30-24-43)56-37-20-16-14-18-35-54-6-2)40-51(50)42(4)49-33-27-46(41-52(49)53)44-25-31-48(32-26-44)57-38-21-17-15-19-36-55-7-3;1-3-4-5-6-7-8-9-10-23-40-37-34-22-16-29(27-11-17-31(38)18-12-27)24-35(34)26(2)33-21-15-30(25-36(33)37)28-13-19-32(39)20-14-28;1-2-10-8-6-4-3-5-7-9;7-5-3-1-2-4-6-8;1-3-5-6-7-4-2/h6-7,23-34,40-41H,2-3,5,8-22,35-39H2,1,4H3;11-22,24-25,38-39H,3-10,23H2,1-2H3;2H,1,3-8H2;8H,1-6H2;4H,2-3,5-6H2,1H3. The van der Waals surface area contributed by atoms with E-state index in [-0.39, 0.29) is 11.5 Å². The highest BCUT2D eigenvalue weighted by molar-refractivity contribution is 9.09. The van der Waals surface area contributed by atoms with Gasteiger partial charge in [-0.1, -0.05) is 298 Å². The van der Waals surface area contributed by atoms with Gasteiger partial charge in [-0.05, 0) is 260 Å². The summed E-state index contributed by atoms with van der Waals surface area (Å²) in [6.07, 6.45) is 47.0. The van der Waals surface area contributed by atoms with E-state index in [2.05, 4.69) is 214 Å². The van der Waals surface area contributed by atoms with Crippen LogP contribution in [0.4, 0.5) is 0 Å². The molecule has 0 aliphatic carbocycles. The molecule has 123 heavy (non-hydrogen) atoms. The quantitative estimate of drug-likeness (QED) is 0.0146. The van der Waals surface area contributed by atoms with Crippen molar-refractivity contribution in [2.24, 2.45) is 0 Å². The van der Waals surface area contributed by atoms with Crippen molar-refractivity contribution in [3.05, 3.63) is 232 Å². The van der Waals surface area contributed by atoms with E-state index in [0.717, 1.165) is 190 Å². The molecule has 0 fully saturated rings. The van der Waals surface area contributed by atoms with Gasteiger partial charge in [0.1, 0.15) is 34.5 Å².